The average Bonchev–Trinajstić information content (AvgIpc) is 2.18. The average molecular weight is 218 g/mol. The van der Waals surface area contributed by atoms with Crippen LogP contribution in [0.5, 0.6) is 0 Å². The molecule has 0 aliphatic rings. The second-order valence-electron chi connectivity index (χ2n) is 3.22. The Hall–Kier alpha value is -1.14. The lowest BCUT2D eigenvalue weighted by molar-refractivity contribution is -0.141. The van der Waals surface area contributed by atoms with Crippen LogP contribution in [0.3, 0.4) is 0 Å². The fourth-order valence-corrected chi connectivity index (χ4v) is 0.851. The number of carbonyl (C=O) groups excluding carboxylic acids is 1. The third-order valence-electron chi connectivity index (χ3n) is 1.82. The zero-order valence-electron chi connectivity index (χ0n) is 8.86. The van der Waals surface area contributed by atoms with E-state index in [1.54, 1.807) is 6.92 Å². The molecule has 15 heavy (non-hydrogen) atoms. The molecule has 0 bridgehead atoms. The number of hydrogen-bond acceptors (Lipinski definition) is 4. The van der Waals surface area contributed by atoms with E-state index < -0.39 is 11.9 Å². The van der Waals surface area contributed by atoms with Gasteiger partial charge in [-0.25, -0.2) is 0 Å². The third kappa shape index (κ3) is 7.90. The third-order valence-corrected chi connectivity index (χ3v) is 1.82. The Morgan fingerprint density at radius 2 is 2.20 bits per heavy atom. The molecule has 88 valence electrons. The van der Waals surface area contributed by atoms with E-state index in [0.29, 0.717) is 26.1 Å². The van der Waals surface area contributed by atoms with Crippen molar-refractivity contribution in [3.63, 3.8) is 0 Å². The number of ether oxygens (including phenoxy) is 1. The van der Waals surface area contributed by atoms with E-state index in [2.05, 4.69) is 5.32 Å². The Balaban J connectivity index is 3.42. The first-order chi connectivity index (χ1) is 7.07. The number of nitrogens with two attached hydrogens (primary N) is 1. The van der Waals surface area contributed by atoms with Crippen molar-refractivity contribution in [1.82, 2.24) is 5.32 Å². The highest BCUT2D eigenvalue weighted by Gasteiger charge is 2.10. The molecular weight excluding hydrogens is 200 g/mol. The molecular formula is C9H18N2O4. The maximum absolute atomic E-state index is 11.0. The van der Waals surface area contributed by atoms with Crippen LogP contribution in [0.15, 0.2) is 0 Å². The van der Waals surface area contributed by atoms with Gasteiger partial charge in [0.2, 0.25) is 5.91 Å². The smallest absolute Gasteiger partial charge is 0.306 e. The van der Waals surface area contributed by atoms with Gasteiger partial charge in [-0.3, -0.25) is 9.59 Å². The zero-order valence-corrected chi connectivity index (χ0v) is 8.86. The summed E-state index contributed by atoms with van der Waals surface area (Å²) in [5.74, 6) is -1.56. The van der Waals surface area contributed by atoms with Crippen LogP contribution >= 0.6 is 0 Å². The van der Waals surface area contributed by atoms with Gasteiger partial charge in [-0.15, -0.1) is 0 Å². The first-order valence-corrected chi connectivity index (χ1v) is 4.85. The summed E-state index contributed by atoms with van der Waals surface area (Å²) in [5.41, 5.74) is 5.17. The van der Waals surface area contributed by atoms with Crippen molar-refractivity contribution < 1.29 is 19.4 Å². The molecule has 1 amide bonds. The molecule has 0 fully saturated rings. The topological polar surface area (TPSA) is 102 Å². The number of nitrogens with one attached hydrogen (secondary N) is 1. The van der Waals surface area contributed by atoms with Gasteiger partial charge in [0.25, 0.3) is 0 Å². The Morgan fingerprint density at radius 3 is 2.73 bits per heavy atom. The molecule has 0 aromatic rings. The Labute approximate surface area is 88.8 Å². The van der Waals surface area contributed by atoms with Crippen LogP contribution in [0.1, 0.15) is 13.3 Å². The van der Waals surface area contributed by atoms with Crippen molar-refractivity contribution in [2.45, 2.75) is 13.3 Å². The molecule has 0 aromatic heterocycles. The van der Waals surface area contributed by atoms with E-state index in [4.69, 9.17) is 15.6 Å². The highest BCUT2D eigenvalue weighted by atomic mass is 16.5. The van der Waals surface area contributed by atoms with Crippen molar-refractivity contribution in [3.05, 3.63) is 0 Å². The lowest BCUT2D eigenvalue weighted by Crippen LogP contribution is -2.30. The summed E-state index contributed by atoms with van der Waals surface area (Å²) in [6.45, 7) is 2.64. The molecule has 0 saturated carbocycles. The van der Waals surface area contributed by atoms with Gasteiger partial charge in [0.15, 0.2) is 0 Å². The second kappa shape index (κ2) is 8.19. The summed E-state index contributed by atoms with van der Waals surface area (Å²) in [6, 6.07) is 0. The van der Waals surface area contributed by atoms with Crippen LogP contribution in [0.4, 0.5) is 0 Å². The number of carboxylic acid groups (broad SMARTS) is 1. The standard InChI is InChI=1S/C9H18N2O4/c1-7(9(13)14)2-4-11-8(12)6-15-5-3-10/h7H,2-6,10H2,1H3,(H,11,12)(H,13,14). The van der Waals surface area contributed by atoms with Crippen LogP contribution in [0, 0.1) is 5.92 Å². The van der Waals surface area contributed by atoms with E-state index in [1.807, 2.05) is 0 Å². The minimum atomic E-state index is -0.858. The molecule has 0 heterocycles. The molecule has 0 radical (unpaired) electrons. The van der Waals surface area contributed by atoms with Gasteiger partial charge in [-0.05, 0) is 6.42 Å². The first kappa shape index (κ1) is 13.9. The summed E-state index contributed by atoms with van der Waals surface area (Å²) < 4.78 is 4.90. The van der Waals surface area contributed by atoms with E-state index in [1.165, 1.54) is 0 Å². The van der Waals surface area contributed by atoms with Gasteiger partial charge in [0.1, 0.15) is 6.61 Å². The van der Waals surface area contributed by atoms with Crippen molar-refractivity contribution >= 4 is 11.9 Å². The van der Waals surface area contributed by atoms with Crippen LogP contribution in [0.25, 0.3) is 0 Å². The fourth-order valence-electron chi connectivity index (χ4n) is 0.851. The Morgan fingerprint density at radius 1 is 1.53 bits per heavy atom. The van der Waals surface area contributed by atoms with Crippen LogP contribution in [-0.4, -0.2) is 43.3 Å². The molecule has 6 nitrogen and oxygen atoms in total. The summed E-state index contributed by atoms with van der Waals surface area (Å²) >= 11 is 0. The number of hydrogen-bond donors (Lipinski definition) is 3. The minimum Gasteiger partial charge on any atom is -0.481 e. The largest absolute Gasteiger partial charge is 0.481 e. The predicted octanol–water partition coefficient (Wildman–Crippen LogP) is -0.811. The second-order valence-corrected chi connectivity index (χ2v) is 3.22. The number of rotatable bonds is 8. The van der Waals surface area contributed by atoms with Crippen molar-refractivity contribution in [1.29, 1.82) is 0 Å². The number of carboxylic acids is 1. The summed E-state index contributed by atoms with van der Waals surface area (Å²) in [5, 5.41) is 11.1. The van der Waals surface area contributed by atoms with Gasteiger partial charge in [0.05, 0.1) is 12.5 Å². The van der Waals surface area contributed by atoms with Gasteiger partial charge in [0, 0.05) is 13.1 Å². The molecule has 0 saturated heterocycles. The van der Waals surface area contributed by atoms with Gasteiger partial charge in [-0.1, -0.05) is 6.92 Å². The highest BCUT2D eigenvalue weighted by Crippen LogP contribution is 1.99. The Bertz CT molecular complexity index is 208. The van der Waals surface area contributed by atoms with Crippen molar-refractivity contribution in [2.75, 3.05) is 26.3 Å². The van der Waals surface area contributed by atoms with E-state index >= 15 is 0 Å². The van der Waals surface area contributed by atoms with E-state index in [9.17, 15) is 9.59 Å². The van der Waals surface area contributed by atoms with Crippen LogP contribution < -0.4 is 11.1 Å². The molecule has 0 spiro atoms. The van der Waals surface area contributed by atoms with E-state index in [0.717, 1.165) is 0 Å². The monoisotopic (exact) mass is 218 g/mol. The number of carbonyl (C=O) groups is 2. The number of amides is 1. The molecule has 4 N–H and O–H groups in total. The summed E-state index contributed by atoms with van der Waals surface area (Å²) in [4.78, 5) is 21.5. The molecule has 0 aromatic carbocycles. The summed E-state index contributed by atoms with van der Waals surface area (Å²) in [7, 11) is 0. The molecule has 0 aliphatic heterocycles. The van der Waals surface area contributed by atoms with Gasteiger partial charge in [-0.2, -0.15) is 0 Å². The van der Waals surface area contributed by atoms with Crippen molar-refractivity contribution in [2.24, 2.45) is 11.7 Å². The lowest BCUT2D eigenvalue weighted by Gasteiger charge is -2.07. The van der Waals surface area contributed by atoms with Crippen LogP contribution in [-0.2, 0) is 14.3 Å². The predicted molar refractivity (Wildman–Crippen MR) is 54.3 cm³/mol. The molecule has 1 atom stereocenters. The highest BCUT2D eigenvalue weighted by molar-refractivity contribution is 5.77. The van der Waals surface area contributed by atoms with Gasteiger partial charge >= 0.3 is 5.97 Å². The summed E-state index contributed by atoms with van der Waals surface area (Å²) in [6.07, 6.45) is 0.415. The lowest BCUT2D eigenvalue weighted by atomic mass is 10.1. The minimum absolute atomic E-state index is 0.0291. The molecule has 1 unspecified atom stereocenters. The first-order valence-electron chi connectivity index (χ1n) is 4.85. The van der Waals surface area contributed by atoms with Crippen molar-refractivity contribution in [3.8, 4) is 0 Å². The van der Waals surface area contributed by atoms with E-state index in [-0.39, 0.29) is 12.5 Å². The molecule has 0 rings (SSSR count). The maximum atomic E-state index is 11.0. The fraction of sp³-hybridized carbons (Fsp3) is 0.778. The quantitative estimate of drug-likeness (QED) is 0.462. The molecule has 0 aliphatic carbocycles. The van der Waals surface area contributed by atoms with Gasteiger partial charge < -0.3 is 20.9 Å². The SMILES string of the molecule is CC(CCNC(=O)COCCN)C(=O)O. The Kier molecular flexibility index (Phi) is 7.57. The maximum Gasteiger partial charge on any atom is 0.306 e. The zero-order chi connectivity index (χ0) is 11.7. The van der Waals surface area contributed by atoms with Crippen LogP contribution in [0.2, 0.25) is 0 Å². The normalized spacial score (nSPS) is 12.1. The number of aliphatic carboxylic acids is 1. The molecule has 6 heteroatoms.